The fraction of sp³-hybridized carbons (Fsp3) is 0.435. The highest BCUT2D eigenvalue weighted by Gasteiger charge is 2.21. The van der Waals surface area contributed by atoms with Crippen LogP contribution in [0.5, 0.6) is 0 Å². The molecule has 0 amide bonds. The number of benzene rings is 1. The number of hydrogen-bond donors (Lipinski definition) is 1. The van der Waals surface area contributed by atoms with Crippen LogP contribution in [0.25, 0.3) is 5.65 Å². The summed E-state index contributed by atoms with van der Waals surface area (Å²) >= 11 is 0. The molecule has 0 saturated carbocycles. The minimum atomic E-state index is 0.690. The van der Waals surface area contributed by atoms with Crippen molar-refractivity contribution >= 4 is 17.3 Å². The van der Waals surface area contributed by atoms with E-state index in [1.807, 2.05) is 28.8 Å². The molecule has 0 spiro atoms. The summed E-state index contributed by atoms with van der Waals surface area (Å²) in [6.07, 6.45) is 2.77. The summed E-state index contributed by atoms with van der Waals surface area (Å²) < 4.78 is 2.03. The molecule has 1 aliphatic rings. The van der Waals surface area contributed by atoms with Gasteiger partial charge >= 0.3 is 0 Å². The van der Waals surface area contributed by atoms with Gasteiger partial charge in [-0.25, -0.2) is 0 Å². The first-order valence-corrected chi connectivity index (χ1v) is 10.8. The lowest BCUT2D eigenvalue weighted by Gasteiger charge is -2.38. The van der Waals surface area contributed by atoms with Crippen molar-refractivity contribution in [3.8, 4) is 0 Å². The summed E-state index contributed by atoms with van der Waals surface area (Å²) in [6, 6.07) is 12.5. The molecular formula is C23H31N7. The molecule has 30 heavy (non-hydrogen) atoms. The quantitative estimate of drug-likeness (QED) is 0.522. The average Bonchev–Trinajstić information content (AvgIpc) is 3.18. The number of piperazine rings is 1. The molecule has 3 aromatic rings. The molecule has 2 aromatic heterocycles. The lowest BCUT2D eigenvalue weighted by atomic mass is 10.1. The Morgan fingerprint density at radius 2 is 1.87 bits per heavy atom. The fourth-order valence-corrected chi connectivity index (χ4v) is 3.99. The molecule has 1 aliphatic heterocycles. The van der Waals surface area contributed by atoms with Gasteiger partial charge in [0.1, 0.15) is 5.82 Å². The predicted molar refractivity (Wildman–Crippen MR) is 122 cm³/mol. The molecule has 3 heterocycles. The molecule has 7 nitrogen and oxygen atoms in total. The molecule has 0 atom stereocenters. The number of hydrogen-bond acceptors (Lipinski definition) is 4. The van der Waals surface area contributed by atoms with E-state index in [4.69, 9.17) is 4.99 Å². The van der Waals surface area contributed by atoms with E-state index < -0.39 is 0 Å². The Labute approximate surface area is 178 Å². The lowest BCUT2D eigenvalue weighted by molar-refractivity contribution is 0.372. The molecule has 1 N–H and O–H groups in total. The highest BCUT2D eigenvalue weighted by atomic mass is 15.3. The molecule has 1 fully saturated rings. The van der Waals surface area contributed by atoms with Crippen LogP contribution in [0.15, 0.2) is 47.6 Å². The van der Waals surface area contributed by atoms with Crippen LogP contribution >= 0.6 is 0 Å². The van der Waals surface area contributed by atoms with Crippen LogP contribution in [-0.2, 0) is 6.42 Å². The number of pyridine rings is 1. The lowest BCUT2D eigenvalue weighted by Crippen LogP contribution is -2.52. The van der Waals surface area contributed by atoms with E-state index in [0.29, 0.717) is 6.54 Å². The maximum Gasteiger partial charge on any atom is 0.194 e. The number of anilines is 1. The van der Waals surface area contributed by atoms with Crippen LogP contribution < -0.4 is 10.2 Å². The topological polar surface area (TPSA) is 61.1 Å². The largest absolute Gasteiger partial charge is 0.368 e. The summed E-state index contributed by atoms with van der Waals surface area (Å²) in [6.45, 7) is 12.0. The zero-order valence-electron chi connectivity index (χ0n) is 18.2. The third kappa shape index (κ3) is 4.25. The molecule has 0 radical (unpaired) electrons. The zero-order valence-corrected chi connectivity index (χ0v) is 18.2. The van der Waals surface area contributed by atoms with Crippen LogP contribution in [0.3, 0.4) is 0 Å². The number of nitrogens with one attached hydrogen (secondary N) is 1. The number of guanidine groups is 1. The maximum atomic E-state index is 4.88. The summed E-state index contributed by atoms with van der Waals surface area (Å²) in [4.78, 5) is 9.74. The predicted octanol–water partition coefficient (Wildman–Crippen LogP) is 2.68. The van der Waals surface area contributed by atoms with E-state index in [9.17, 15) is 0 Å². The van der Waals surface area contributed by atoms with Gasteiger partial charge in [-0.2, -0.15) is 0 Å². The molecule has 7 heteroatoms. The van der Waals surface area contributed by atoms with Gasteiger partial charge in [0.25, 0.3) is 0 Å². The van der Waals surface area contributed by atoms with Crippen molar-refractivity contribution in [2.24, 2.45) is 4.99 Å². The van der Waals surface area contributed by atoms with Crippen LogP contribution in [0.2, 0.25) is 0 Å². The molecule has 0 unspecified atom stereocenters. The minimum absolute atomic E-state index is 0.690. The number of aromatic nitrogens is 3. The Morgan fingerprint density at radius 1 is 1.03 bits per heavy atom. The van der Waals surface area contributed by atoms with Crippen molar-refractivity contribution in [2.45, 2.75) is 27.2 Å². The first kappa shape index (κ1) is 20.2. The monoisotopic (exact) mass is 405 g/mol. The Hall–Kier alpha value is -3.09. The van der Waals surface area contributed by atoms with Gasteiger partial charge in [-0.05, 0) is 50.1 Å². The smallest absolute Gasteiger partial charge is 0.194 e. The van der Waals surface area contributed by atoms with Crippen molar-refractivity contribution in [1.29, 1.82) is 0 Å². The second-order valence-corrected chi connectivity index (χ2v) is 7.72. The van der Waals surface area contributed by atoms with Gasteiger partial charge in [0, 0.05) is 57.6 Å². The van der Waals surface area contributed by atoms with Gasteiger partial charge in [-0.3, -0.25) is 9.39 Å². The van der Waals surface area contributed by atoms with Gasteiger partial charge in [0.05, 0.1) is 0 Å². The van der Waals surface area contributed by atoms with E-state index in [-0.39, 0.29) is 0 Å². The third-order valence-corrected chi connectivity index (χ3v) is 5.81. The Kier molecular flexibility index (Phi) is 6.16. The highest BCUT2D eigenvalue weighted by molar-refractivity contribution is 5.80. The van der Waals surface area contributed by atoms with Crippen molar-refractivity contribution in [3.63, 3.8) is 0 Å². The molecule has 0 bridgehead atoms. The molecule has 158 valence electrons. The Morgan fingerprint density at radius 3 is 2.67 bits per heavy atom. The number of aryl methyl sites for hydroxylation is 1. The fourth-order valence-electron chi connectivity index (χ4n) is 3.99. The molecule has 1 aromatic carbocycles. The van der Waals surface area contributed by atoms with E-state index in [1.54, 1.807) is 0 Å². The van der Waals surface area contributed by atoms with Crippen LogP contribution in [0, 0.1) is 13.8 Å². The van der Waals surface area contributed by atoms with Crippen molar-refractivity contribution in [2.75, 3.05) is 44.2 Å². The maximum absolute atomic E-state index is 4.88. The standard InChI is InChI=1S/C23H31N7/c1-4-24-23(25-12-11-22-27-26-21-10-5-6-13-30(21)22)29-16-14-28(15-17-29)20-9-7-8-18(2)19(20)3/h5-10,13H,4,11-12,14-17H2,1-3H3,(H,24,25). The molecule has 0 aliphatic carbocycles. The molecule has 1 saturated heterocycles. The van der Waals surface area contributed by atoms with Crippen LogP contribution in [0.1, 0.15) is 23.9 Å². The van der Waals surface area contributed by atoms with E-state index in [0.717, 1.165) is 56.6 Å². The van der Waals surface area contributed by atoms with Gasteiger partial charge in [0.2, 0.25) is 0 Å². The second-order valence-electron chi connectivity index (χ2n) is 7.72. The molecular weight excluding hydrogens is 374 g/mol. The summed E-state index contributed by atoms with van der Waals surface area (Å²) in [5.74, 6) is 1.94. The zero-order chi connectivity index (χ0) is 20.9. The average molecular weight is 406 g/mol. The minimum Gasteiger partial charge on any atom is -0.368 e. The highest BCUT2D eigenvalue weighted by Crippen LogP contribution is 2.23. The first-order valence-electron chi connectivity index (χ1n) is 10.8. The Bertz CT molecular complexity index is 1020. The second kappa shape index (κ2) is 9.15. The van der Waals surface area contributed by atoms with Gasteiger partial charge in [-0.15, -0.1) is 10.2 Å². The van der Waals surface area contributed by atoms with Crippen LogP contribution in [-0.4, -0.2) is 64.7 Å². The SMILES string of the molecule is CCNC(=NCCc1nnc2ccccn12)N1CCN(c2cccc(C)c2C)CC1. The van der Waals surface area contributed by atoms with E-state index in [1.165, 1.54) is 16.8 Å². The van der Waals surface area contributed by atoms with Crippen molar-refractivity contribution < 1.29 is 0 Å². The van der Waals surface area contributed by atoms with Crippen molar-refractivity contribution in [3.05, 3.63) is 59.5 Å². The number of nitrogens with zero attached hydrogens (tertiary/aromatic N) is 6. The van der Waals surface area contributed by atoms with Gasteiger partial charge in [0.15, 0.2) is 11.6 Å². The number of rotatable bonds is 5. The van der Waals surface area contributed by atoms with Gasteiger partial charge < -0.3 is 15.1 Å². The third-order valence-electron chi connectivity index (χ3n) is 5.81. The summed E-state index contributed by atoms with van der Waals surface area (Å²) in [5.41, 5.74) is 4.97. The summed E-state index contributed by atoms with van der Waals surface area (Å²) in [7, 11) is 0. The van der Waals surface area contributed by atoms with Crippen LogP contribution in [0.4, 0.5) is 5.69 Å². The molecule has 4 rings (SSSR count). The van der Waals surface area contributed by atoms with E-state index in [2.05, 4.69) is 64.3 Å². The summed E-state index contributed by atoms with van der Waals surface area (Å²) in [5, 5.41) is 12.0. The first-order chi connectivity index (χ1) is 14.7. The van der Waals surface area contributed by atoms with E-state index >= 15 is 0 Å². The number of aliphatic imine (C=N–C) groups is 1. The van der Waals surface area contributed by atoms with Gasteiger partial charge in [-0.1, -0.05) is 18.2 Å². The normalized spacial score (nSPS) is 15.1. The van der Waals surface area contributed by atoms with Crippen molar-refractivity contribution in [1.82, 2.24) is 24.8 Å². The number of fused-ring (bicyclic) bond motifs is 1. The Balaban J connectivity index is 1.39.